The van der Waals surface area contributed by atoms with Crippen LogP contribution in [0.5, 0.6) is 0 Å². The summed E-state index contributed by atoms with van der Waals surface area (Å²) in [4.78, 5) is 26.1. The van der Waals surface area contributed by atoms with Gasteiger partial charge in [-0.25, -0.2) is 13.1 Å². The molecule has 45 heavy (non-hydrogen) atoms. The van der Waals surface area contributed by atoms with E-state index < -0.39 is 31.8 Å². The molecule has 2 aliphatic rings. The molecule has 1 heterocycles. The van der Waals surface area contributed by atoms with Crippen molar-refractivity contribution in [2.24, 2.45) is 33.0 Å². The van der Waals surface area contributed by atoms with Crippen LogP contribution in [-0.2, 0) is 19.6 Å². The van der Waals surface area contributed by atoms with Crippen LogP contribution in [0.25, 0.3) is 0 Å². The Morgan fingerprint density at radius 3 is 2.24 bits per heavy atom. The Balaban J connectivity index is 2.05. The van der Waals surface area contributed by atoms with E-state index in [9.17, 15) is 23.3 Å². The Kier molecular flexibility index (Phi) is 10.7. The number of carbonyl (C=O) groups is 2. The van der Waals surface area contributed by atoms with Crippen molar-refractivity contribution < 1.29 is 18.0 Å². The number of ketones is 2. The molecule has 1 N–H and O–H groups in total. The van der Waals surface area contributed by atoms with Crippen LogP contribution in [-0.4, -0.2) is 25.5 Å². The highest BCUT2D eigenvalue weighted by Crippen LogP contribution is 2.67. The summed E-state index contributed by atoms with van der Waals surface area (Å²) in [6.07, 6.45) is 10.2. The topological polar surface area (TPSA) is 104 Å². The van der Waals surface area contributed by atoms with Crippen LogP contribution in [0.1, 0.15) is 128 Å². The summed E-state index contributed by atoms with van der Waals surface area (Å²) >= 11 is 1.22. The molecule has 1 fully saturated rings. The molecule has 0 spiro atoms. The lowest BCUT2D eigenvalue weighted by Crippen LogP contribution is -2.56. The molecule has 0 aliphatic heterocycles. The van der Waals surface area contributed by atoms with Gasteiger partial charge in [-0.15, -0.1) is 11.3 Å². The highest BCUT2D eigenvalue weighted by molar-refractivity contribution is 7.91. The molecule has 1 saturated carbocycles. The fourth-order valence-electron chi connectivity index (χ4n) is 8.41. The summed E-state index contributed by atoms with van der Waals surface area (Å²) in [6, 6.07) is 5.57. The first-order valence-corrected chi connectivity index (χ1v) is 18.9. The molecule has 2 aliphatic carbocycles. The molecule has 4 atom stereocenters. The minimum Gasteiger partial charge on any atom is -0.295 e. The third-order valence-corrected chi connectivity index (χ3v) is 14.7. The van der Waals surface area contributed by atoms with Crippen molar-refractivity contribution in [2.45, 2.75) is 137 Å². The van der Waals surface area contributed by atoms with E-state index in [4.69, 9.17) is 0 Å². The molecule has 0 amide bonds. The molecule has 0 bridgehead atoms. The number of fused-ring (bicyclic) bond motifs is 1. The Labute approximate surface area is 277 Å². The van der Waals surface area contributed by atoms with Crippen LogP contribution >= 0.6 is 11.3 Å². The second kappa shape index (κ2) is 12.8. The summed E-state index contributed by atoms with van der Waals surface area (Å²) < 4.78 is 30.6. The van der Waals surface area contributed by atoms with Crippen molar-refractivity contribution in [3.63, 3.8) is 0 Å². The molecule has 250 valence electrons. The number of Topliss-reactive ketones (excluding diaryl/α,β-unsaturated/α-hetero) is 1. The maximum Gasteiger partial charge on any atom is 0.250 e. The average Bonchev–Trinajstić information content (AvgIpc) is 3.47. The number of nitrogens with zero attached hydrogens (tertiary/aromatic N) is 1. The van der Waals surface area contributed by atoms with Crippen LogP contribution in [0, 0.1) is 44.3 Å². The van der Waals surface area contributed by atoms with Gasteiger partial charge in [0, 0.05) is 16.4 Å². The van der Waals surface area contributed by atoms with Gasteiger partial charge < -0.3 is 0 Å². The number of nitriles is 1. The largest absolute Gasteiger partial charge is 0.295 e. The van der Waals surface area contributed by atoms with Crippen LogP contribution in [0.15, 0.2) is 45.0 Å². The molecular weight excluding hydrogens is 601 g/mol. The molecule has 6 nitrogen and oxygen atoms in total. The molecule has 0 radical (unpaired) electrons. The lowest BCUT2D eigenvalue weighted by molar-refractivity contribution is -0.131. The fourth-order valence-corrected chi connectivity index (χ4v) is 10.9. The van der Waals surface area contributed by atoms with Crippen molar-refractivity contribution in [3.05, 3.63) is 40.8 Å². The number of sulfonamides is 1. The van der Waals surface area contributed by atoms with E-state index in [1.807, 2.05) is 26.8 Å². The number of hydrogen-bond donors (Lipinski definition) is 1. The predicted octanol–water partition coefficient (Wildman–Crippen LogP) is 9.19. The van der Waals surface area contributed by atoms with E-state index in [-0.39, 0.29) is 33.9 Å². The molecule has 3 rings (SSSR count). The Morgan fingerprint density at radius 2 is 1.71 bits per heavy atom. The summed E-state index contributed by atoms with van der Waals surface area (Å²) in [5.41, 5.74) is -1.61. The molecule has 1 aromatic heterocycles. The SMILES string of the molecule is CCCC(C)(C)CC[C@@](C)(CCC(C)(C)[C@]1(C)CC[C@H]2C(C)(C)C(=O)C(C#N)=C[C@]2(C)/C1=C/C(C)=O)NS(=O)(=O)c1cccs1. The lowest BCUT2D eigenvalue weighted by atomic mass is 9.42. The zero-order valence-electron chi connectivity index (χ0n) is 29.5. The molecule has 0 saturated heterocycles. The number of thiophene rings is 1. The van der Waals surface area contributed by atoms with E-state index >= 15 is 0 Å². The van der Waals surface area contributed by atoms with Crippen LogP contribution in [0.3, 0.4) is 0 Å². The zero-order valence-corrected chi connectivity index (χ0v) is 31.2. The zero-order chi connectivity index (χ0) is 34.3. The highest BCUT2D eigenvalue weighted by atomic mass is 32.2. The van der Waals surface area contributed by atoms with Gasteiger partial charge in [-0.2, -0.15) is 5.26 Å². The maximum atomic E-state index is 13.6. The van der Waals surface area contributed by atoms with Crippen LogP contribution in [0.4, 0.5) is 0 Å². The standard InChI is InChI=1S/C37H56N2O4S2/c1-12-16-32(3,4)18-20-35(9,39-45(42,43)30-14-13-22-44-30)21-19-33(5,6)37(11)17-15-28-34(7,8)31(41)27(25-38)24-36(28,10)29(37)23-26(2)40/h13-14,22-24,28,39H,12,15-21H2,1-11H3/b29-23-/t28-,35-,36-,37+/m0/s1. The summed E-state index contributed by atoms with van der Waals surface area (Å²) in [7, 11) is -3.70. The van der Waals surface area contributed by atoms with Crippen LogP contribution in [0.2, 0.25) is 0 Å². The molecule has 1 aromatic rings. The van der Waals surface area contributed by atoms with E-state index in [1.54, 1.807) is 30.5 Å². The van der Waals surface area contributed by atoms with Gasteiger partial charge in [0.1, 0.15) is 10.3 Å². The van der Waals surface area contributed by atoms with Gasteiger partial charge in [0.2, 0.25) is 0 Å². The second-order valence-corrected chi connectivity index (χ2v) is 19.3. The number of hydrogen-bond acceptors (Lipinski definition) is 6. The first kappa shape index (κ1) is 37.4. The predicted molar refractivity (Wildman–Crippen MR) is 184 cm³/mol. The summed E-state index contributed by atoms with van der Waals surface area (Å²) in [5.74, 6) is -0.229. The highest BCUT2D eigenvalue weighted by Gasteiger charge is 2.61. The van der Waals surface area contributed by atoms with Crippen molar-refractivity contribution in [1.82, 2.24) is 4.72 Å². The lowest BCUT2D eigenvalue weighted by Gasteiger charge is -2.61. The van der Waals surface area contributed by atoms with Gasteiger partial charge >= 0.3 is 0 Å². The summed E-state index contributed by atoms with van der Waals surface area (Å²) in [6.45, 7) is 23.0. The number of rotatable bonds is 13. The van der Waals surface area contributed by atoms with Gasteiger partial charge in [-0.3, -0.25) is 9.59 Å². The average molecular weight is 657 g/mol. The molecule has 0 aromatic carbocycles. The second-order valence-electron chi connectivity index (χ2n) is 16.5. The minimum atomic E-state index is -3.70. The van der Waals surface area contributed by atoms with Gasteiger partial charge in [0.05, 0.1) is 5.57 Å². The number of allylic oxidation sites excluding steroid dienone is 4. The Morgan fingerprint density at radius 1 is 1.09 bits per heavy atom. The summed E-state index contributed by atoms with van der Waals surface area (Å²) in [5, 5.41) is 11.7. The third kappa shape index (κ3) is 7.41. The van der Waals surface area contributed by atoms with E-state index in [2.05, 4.69) is 59.3 Å². The first-order chi connectivity index (χ1) is 20.5. The third-order valence-electron chi connectivity index (χ3n) is 11.7. The van der Waals surface area contributed by atoms with E-state index in [0.29, 0.717) is 23.5 Å². The van der Waals surface area contributed by atoms with Gasteiger partial charge in [-0.1, -0.05) is 86.4 Å². The van der Waals surface area contributed by atoms with Gasteiger partial charge in [0.25, 0.3) is 10.0 Å². The monoisotopic (exact) mass is 656 g/mol. The van der Waals surface area contributed by atoms with Crippen molar-refractivity contribution >= 4 is 32.9 Å². The van der Waals surface area contributed by atoms with Crippen molar-refractivity contribution in [2.75, 3.05) is 0 Å². The minimum absolute atomic E-state index is 0.0484. The maximum absolute atomic E-state index is 13.6. The number of carbonyl (C=O) groups excluding carboxylic acids is 2. The number of nitrogens with one attached hydrogen (secondary N) is 1. The Bertz CT molecular complexity index is 1490. The van der Waals surface area contributed by atoms with Crippen LogP contribution < -0.4 is 4.72 Å². The molecule has 8 heteroatoms. The Hall–Kier alpha value is -2.08. The van der Waals surface area contributed by atoms with Crippen molar-refractivity contribution in [3.8, 4) is 6.07 Å². The molecule has 0 unspecified atom stereocenters. The van der Waals surface area contributed by atoms with Gasteiger partial charge in [-0.05, 0) is 98.5 Å². The smallest absolute Gasteiger partial charge is 0.250 e. The fraction of sp³-hybridized carbons (Fsp3) is 0.703. The van der Waals surface area contributed by atoms with E-state index in [0.717, 1.165) is 37.7 Å². The van der Waals surface area contributed by atoms with Gasteiger partial charge in [0.15, 0.2) is 11.6 Å². The molecular formula is C37H56N2O4S2. The quantitative estimate of drug-likeness (QED) is 0.213. The normalized spacial score (nSPS) is 27.8. The first-order valence-electron chi connectivity index (χ1n) is 16.5. The van der Waals surface area contributed by atoms with E-state index in [1.165, 1.54) is 11.3 Å². The van der Waals surface area contributed by atoms with Crippen molar-refractivity contribution in [1.29, 1.82) is 5.26 Å².